The van der Waals surface area contributed by atoms with Crippen LogP contribution in [0, 0.1) is 0 Å². The molecule has 0 atom stereocenters. The molecule has 0 aromatic carbocycles. The van der Waals surface area contributed by atoms with E-state index in [1.54, 1.807) is 12.3 Å². The van der Waals surface area contributed by atoms with Crippen molar-refractivity contribution in [3.8, 4) is 0 Å². The average molecular weight is 296 g/mol. The van der Waals surface area contributed by atoms with Crippen molar-refractivity contribution in [3.05, 3.63) is 23.1 Å². The Kier molecular flexibility index (Phi) is 4.95. The van der Waals surface area contributed by atoms with Crippen molar-refractivity contribution in [1.29, 1.82) is 0 Å². The maximum Gasteiger partial charge on any atom is 0.307 e. The summed E-state index contributed by atoms with van der Waals surface area (Å²) in [6.45, 7) is 1.86. The van der Waals surface area contributed by atoms with Crippen molar-refractivity contribution in [1.82, 2.24) is 9.97 Å². The third kappa shape index (κ3) is 3.93. The molecule has 1 aromatic heterocycles. The lowest BCUT2D eigenvalue weighted by molar-refractivity contribution is -0.135. The van der Waals surface area contributed by atoms with E-state index in [4.69, 9.17) is 16.7 Å². The summed E-state index contributed by atoms with van der Waals surface area (Å²) in [6, 6.07) is 0.409. The highest BCUT2D eigenvalue weighted by Crippen LogP contribution is 2.27. The van der Waals surface area contributed by atoms with Crippen LogP contribution in [0.3, 0.4) is 0 Å². The van der Waals surface area contributed by atoms with Crippen molar-refractivity contribution in [3.63, 3.8) is 0 Å². The molecule has 0 bridgehead atoms. The van der Waals surface area contributed by atoms with Gasteiger partial charge in [0.25, 0.3) is 0 Å². The number of allylic oxidation sites excluding steroid dienone is 1. The van der Waals surface area contributed by atoms with Crippen LogP contribution in [0.2, 0.25) is 5.28 Å². The van der Waals surface area contributed by atoms with Gasteiger partial charge in [0.2, 0.25) is 5.28 Å². The van der Waals surface area contributed by atoms with Gasteiger partial charge in [-0.1, -0.05) is 18.9 Å². The molecule has 1 fully saturated rings. The lowest BCUT2D eigenvalue weighted by atomic mass is 10.1. The number of rotatable bonds is 5. The van der Waals surface area contributed by atoms with Gasteiger partial charge in [0.1, 0.15) is 5.82 Å². The lowest BCUT2D eigenvalue weighted by Gasteiger charge is -2.16. The molecule has 0 spiro atoms. The summed E-state index contributed by atoms with van der Waals surface area (Å²) in [5, 5.41) is 12.3. The molecule has 2 rings (SSSR count). The Morgan fingerprint density at radius 2 is 2.25 bits per heavy atom. The number of aliphatic carboxylic acids is 1. The van der Waals surface area contributed by atoms with Gasteiger partial charge in [0.05, 0.1) is 6.42 Å². The van der Waals surface area contributed by atoms with Crippen molar-refractivity contribution < 1.29 is 9.90 Å². The predicted octanol–water partition coefficient (Wildman–Crippen LogP) is 3.36. The zero-order chi connectivity index (χ0) is 14.5. The first-order chi connectivity index (χ1) is 9.56. The third-order valence-corrected chi connectivity index (χ3v) is 3.65. The number of anilines is 1. The van der Waals surface area contributed by atoms with Crippen LogP contribution in [0.4, 0.5) is 5.82 Å². The van der Waals surface area contributed by atoms with Crippen LogP contribution in [0.1, 0.15) is 44.6 Å². The third-order valence-electron chi connectivity index (χ3n) is 3.46. The van der Waals surface area contributed by atoms with Crippen molar-refractivity contribution >= 4 is 29.0 Å². The fourth-order valence-corrected chi connectivity index (χ4v) is 2.51. The molecule has 1 saturated carbocycles. The van der Waals surface area contributed by atoms with E-state index in [0.29, 0.717) is 11.9 Å². The molecule has 1 aromatic rings. The molecule has 108 valence electrons. The minimum atomic E-state index is -0.857. The van der Waals surface area contributed by atoms with Gasteiger partial charge >= 0.3 is 5.97 Å². The Labute approximate surface area is 123 Å². The Hall–Kier alpha value is -1.62. The second-order valence-electron chi connectivity index (χ2n) is 5.01. The highest BCUT2D eigenvalue weighted by molar-refractivity contribution is 6.28. The second-order valence-corrected chi connectivity index (χ2v) is 5.35. The van der Waals surface area contributed by atoms with Crippen LogP contribution in [-0.4, -0.2) is 27.1 Å². The SMILES string of the molecule is C/C(=C/CC(=O)O)c1cnc(Cl)nc1NC1CCCC1. The van der Waals surface area contributed by atoms with Gasteiger partial charge in [-0.25, -0.2) is 9.97 Å². The van der Waals surface area contributed by atoms with Gasteiger partial charge in [0.15, 0.2) is 0 Å². The standard InChI is InChI=1S/C14H18ClN3O2/c1-9(6-7-12(19)20)11-8-16-14(15)18-13(11)17-10-4-2-3-5-10/h6,8,10H,2-5,7H2,1H3,(H,19,20)(H,16,17,18)/b9-6-. The van der Waals surface area contributed by atoms with Crippen molar-refractivity contribution in [2.45, 2.75) is 45.1 Å². The molecule has 0 radical (unpaired) electrons. The van der Waals surface area contributed by atoms with Crippen molar-refractivity contribution in [2.75, 3.05) is 5.32 Å². The van der Waals surface area contributed by atoms with Crippen LogP contribution < -0.4 is 5.32 Å². The number of aromatic nitrogens is 2. The van der Waals surface area contributed by atoms with Gasteiger partial charge in [-0.05, 0) is 36.9 Å². The largest absolute Gasteiger partial charge is 0.481 e. The molecule has 0 saturated heterocycles. The average Bonchev–Trinajstić information content (AvgIpc) is 2.89. The number of halogens is 1. The molecule has 5 nitrogen and oxygen atoms in total. The molecule has 20 heavy (non-hydrogen) atoms. The van der Waals surface area contributed by atoms with Crippen LogP contribution >= 0.6 is 11.6 Å². The Bertz CT molecular complexity index is 525. The van der Waals surface area contributed by atoms with Gasteiger partial charge < -0.3 is 10.4 Å². The van der Waals surface area contributed by atoms with E-state index >= 15 is 0 Å². The zero-order valence-corrected chi connectivity index (χ0v) is 12.2. The van der Waals surface area contributed by atoms with Crippen LogP contribution in [0.5, 0.6) is 0 Å². The molecule has 0 amide bonds. The highest BCUT2D eigenvalue weighted by Gasteiger charge is 2.17. The molecular weight excluding hydrogens is 278 g/mol. The zero-order valence-electron chi connectivity index (χ0n) is 11.4. The Morgan fingerprint density at radius 1 is 1.55 bits per heavy atom. The molecule has 1 aliphatic carbocycles. The van der Waals surface area contributed by atoms with E-state index in [1.807, 2.05) is 6.92 Å². The first kappa shape index (κ1) is 14.8. The van der Waals surface area contributed by atoms with E-state index in [2.05, 4.69) is 15.3 Å². The van der Waals surface area contributed by atoms with E-state index in [9.17, 15) is 4.79 Å². The fourth-order valence-electron chi connectivity index (χ4n) is 2.37. The lowest BCUT2D eigenvalue weighted by Crippen LogP contribution is -2.17. The molecular formula is C14H18ClN3O2. The maximum atomic E-state index is 10.6. The summed E-state index contributed by atoms with van der Waals surface area (Å²) in [6.07, 6.45) is 7.98. The summed E-state index contributed by atoms with van der Waals surface area (Å²) >= 11 is 5.86. The van der Waals surface area contributed by atoms with E-state index in [1.165, 1.54) is 12.8 Å². The number of carbonyl (C=O) groups is 1. The molecule has 6 heteroatoms. The number of nitrogens with one attached hydrogen (secondary N) is 1. The van der Waals surface area contributed by atoms with Gasteiger partial charge in [0, 0.05) is 17.8 Å². The highest BCUT2D eigenvalue weighted by atomic mass is 35.5. The van der Waals surface area contributed by atoms with Crippen LogP contribution in [0.15, 0.2) is 12.3 Å². The van der Waals surface area contributed by atoms with Crippen molar-refractivity contribution in [2.24, 2.45) is 0 Å². The Balaban J connectivity index is 2.22. The smallest absolute Gasteiger partial charge is 0.307 e. The molecule has 0 unspecified atom stereocenters. The van der Waals surface area contributed by atoms with Crippen LogP contribution in [-0.2, 0) is 4.79 Å². The minimum Gasteiger partial charge on any atom is -0.481 e. The topological polar surface area (TPSA) is 75.1 Å². The van der Waals surface area contributed by atoms with Gasteiger partial charge in [-0.3, -0.25) is 4.79 Å². The van der Waals surface area contributed by atoms with Gasteiger partial charge in [-0.2, -0.15) is 0 Å². The molecule has 2 N–H and O–H groups in total. The summed E-state index contributed by atoms with van der Waals surface area (Å²) < 4.78 is 0. The van der Waals surface area contributed by atoms with E-state index in [-0.39, 0.29) is 11.7 Å². The van der Waals surface area contributed by atoms with E-state index < -0.39 is 5.97 Å². The molecule has 1 aliphatic rings. The van der Waals surface area contributed by atoms with Gasteiger partial charge in [-0.15, -0.1) is 0 Å². The fraction of sp³-hybridized carbons (Fsp3) is 0.500. The summed E-state index contributed by atoms with van der Waals surface area (Å²) in [5.41, 5.74) is 1.65. The predicted molar refractivity (Wildman–Crippen MR) is 78.8 cm³/mol. The normalized spacial score (nSPS) is 16.4. The molecule has 1 heterocycles. The summed E-state index contributed by atoms with van der Waals surface area (Å²) in [5.74, 6) is -0.166. The number of carboxylic acid groups (broad SMARTS) is 1. The number of carboxylic acids is 1. The molecule has 0 aliphatic heterocycles. The quantitative estimate of drug-likeness (QED) is 0.815. The van der Waals surface area contributed by atoms with E-state index in [0.717, 1.165) is 24.0 Å². The number of hydrogen-bond donors (Lipinski definition) is 2. The number of nitrogens with zero attached hydrogens (tertiary/aromatic N) is 2. The summed E-state index contributed by atoms with van der Waals surface area (Å²) in [7, 11) is 0. The monoisotopic (exact) mass is 295 g/mol. The first-order valence-electron chi connectivity index (χ1n) is 6.74. The second kappa shape index (κ2) is 6.70. The maximum absolute atomic E-state index is 10.6. The first-order valence-corrected chi connectivity index (χ1v) is 7.12. The number of hydrogen-bond acceptors (Lipinski definition) is 4. The summed E-state index contributed by atoms with van der Waals surface area (Å²) in [4.78, 5) is 18.9. The Morgan fingerprint density at radius 3 is 2.90 bits per heavy atom. The minimum absolute atomic E-state index is 0.0165. The van der Waals surface area contributed by atoms with Crippen LogP contribution in [0.25, 0.3) is 5.57 Å².